The number of imidazole rings is 1. The first-order valence-electron chi connectivity index (χ1n) is 6.21. The summed E-state index contributed by atoms with van der Waals surface area (Å²) >= 11 is 17.6. The summed E-state index contributed by atoms with van der Waals surface area (Å²) in [5.41, 5.74) is 1.04. The summed E-state index contributed by atoms with van der Waals surface area (Å²) < 4.78 is 39.5. The van der Waals surface area contributed by atoms with Gasteiger partial charge in [-0.25, -0.2) is 4.98 Å². The van der Waals surface area contributed by atoms with Gasteiger partial charge in [-0.1, -0.05) is 23.2 Å². The maximum absolute atomic E-state index is 12.7. The average Bonchev–Trinajstić information content (AvgIpc) is 2.65. The first kappa shape index (κ1) is 16.7. The van der Waals surface area contributed by atoms with Crippen LogP contribution in [0.2, 0.25) is 10.0 Å². The lowest BCUT2D eigenvalue weighted by Gasteiger charge is -2.19. The van der Waals surface area contributed by atoms with Crippen molar-refractivity contribution in [3.05, 3.63) is 28.0 Å². The van der Waals surface area contributed by atoms with Crippen LogP contribution in [0.15, 0.2) is 12.1 Å². The average molecular weight is 360 g/mol. The van der Waals surface area contributed by atoms with Gasteiger partial charge in [0.2, 0.25) is 0 Å². The SMILES string of the molecule is CC(CC(F)(F)F)n1c(CCCl)nc2cc(Cl)c(Cl)cc21. The molecular formula is C13H12Cl3F3N2. The van der Waals surface area contributed by atoms with Gasteiger partial charge < -0.3 is 4.57 Å². The van der Waals surface area contributed by atoms with Crippen molar-refractivity contribution < 1.29 is 13.2 Å². The quantitative estimate of drug-likeness (QED) is 0.646. The molecule has 0 amide bonds. The number of benzene rings is 1. The first-order chi connectivity index (χ1) is 9.73. The number of hydrogen-bond donors (Lipinski definition) is 0. The number of aryl methyl sites for hydroxylation is 1. The van der Waals surface area contributed by atoms with E-state index in [0.29, 0.717) is 28.3 Å². The Morgan fingerprint density at radius 2 is 1.86 bits per heavy atom. The molecule has 1 aromatic carbocycles. The van der Waals surface area contributed by atoms with Crippen molar-refractivity contribution in [1.82, 2.24) is 9.55 Å². The zero-order valence-electron chi connectivity index (χ0n) is 11.0. The number of fused-ring (bicyclic) bond motifs is 1. The molecule has 0 aliphatic carbocycles. The molecule has 0 aliphatic heterocycles. The molecule has 21 heavy (non-hydrogen) atoms. The van der Waals surface area contributed by atoms with E-state index < -0.39 is 18.6 Å². The fourth-order valence-corrected chi connectivity index (χ4v) is 2.80. The lowest BCUT2D eigenvalue weighted by molar-refractivity contribution is -0.141. The highest BCUT2D eigenvalue weighted by Gasteiger charge is 2.32. The predicted molar refractivity (Wildman–Crippen MR) is 79.6 cm³/mol. The van der Waals surface area contributed by atoms with E-state index in [2.05, 4.69) is 4.98 Å². The van der Waals surface area contributed by atoms with E-state index in [-0.39, 0.29) is 10.9 Å². The van der Waals surface area contributed by atoms with Crippen LogP contribution in [0.4, 0.5) is 13.2 Å². The molecular weight excluding hydrogens is 348 g/mol. The van der Waals surface area contributed by atoms with Crippen molar-refractivity contribution in [2.75, 3.05) is 5.88 Å². The maximum atomic E-state index is 12.7. The molecule has 2 aromatic rings. The fraction of sp³-hybridized carbons (Fsp3) is 0.462. The highest BCUT2D eigenvalue weighted by molar-refractivity contribution is 6.42. The number of hydrogen-bond acceptors (Lipinski definition) is 1. The molecule has 0 saturated carbocycles. The van der Waals surface area contributed by atoms with E-state index in [1.54, 1.807) is 6.07 Å². The van der Waals surface area contributed by atoms with Crippen LogP contribution in [0.1, 0.15) is 25.2 Å². The topological polar surface area (TPSA) is 17.8 Å². The predicted octanol–water partition coefficient (Wildman–Crippen LogP) is 5.64. The van der Waals surface area contributed by atoms with E-state index >= 15 is 0 Å². The molecule has 1 heterocycles. The van der Waals surface area contributed by atoms with E-state index in [9.17, 15) is 13.2 Å². The second kappa shape index (κ2) is 6.23. The van der Waals surface area contributed by atoms with E-state index in [1.165, 1.54) is 17.6 Å². The second-order valence-corrected chi connectivity index (χ2v) is 5.95. The summed E-state index contributed by atoms with van der Waals surface area (Å²) in [7, 11) is 0. The fourth-order valence-electron chi connectivity index (χ4n) is 2.32. The smallest absolute Gasteiger partial charge is 0.325 e. The summed E-state index contributed by atoms with van der Waals surface area (Å²) in [6.45, 7) is 1.49. The highest BCUT2D eigenvalue weighted by Crippen LogP contribution is 2.34. The van der Waals surface area contributed by atoms with Crippen molar-refractivity contribution in [1.29, 1.82) is 0 Å². The maximum Gasteiger partial charge on any atom is 0.391 e. The molecule has 1 unspecified atom stereocenters. The number of alkyl halides is 4. The second-order valence-electron chi connectivity index (χ2n) is 4.76. The van der Waals surface area contributed by atoms with Gasteiger partial charge in [0.05, 0.1) is 27.5 Å². The summed E-state index contributed by atoms with van der Waals surface area (Å²) in [5.74, 6) is 0.763. The van der Waals surface area contributed by atoms with Crippen molar-refractivity contribution in [2.24, 2.45) is 0 Å². The van der Waals surface area contributed by atoms with E-state index in [4.69, 9.17) is 34.8 Å². The van der Waals surface area contributed by atoms with Crippen molar-refractivity contribution in [3.8, 4) is 0 Å². The van der Waals surface area contributed by atoms with Gasteiger partial charge in [0.25, 0.3) is 0 Å². The lowest BCUT2D eigenvalue weighted by Crippen LogP contribution is -2.18. The third-order valence-electron chi connectivity index (χ3n) is 3.09. The van der Waals surface area contributed by atoms with E-state index in [0.717, 1.165) is 0 Å². The van der Waals surface area contributed by atoms with Gasteiger partial charge in [-0.3, -0.25) is 0 Å². The van der Waals surface area contributed by atoms with Gasteiger partial charge >= 0.3 is 6.18 Å². The Bertz CT molecular complexity index is 652. The van der Waals surface area contributed by atoms with Crippen LogP contribution >= 0.6 is 34.8 Å². The monoisotopic (exact) mass is 358 g/mol. The van der Waals surface area contributed by atoms with E-state index in [1.807, 2.05) is 0 Å². The summed E-state index contributed by atoms with van der Waals surface area (Å²) in [6.07, 6.45) is -4.84. The van der Waals surface area contributed by atoms with Gasteiger partial charge in [0, 0.05) is 18.3 Å². The molecule has 0 fully saturated rings. The van der Waals surface area contributed by atoms with Gasteiger partial charge in [0.15, 0.2) is 0 Å². The molecule has 0 N–H and O–H groups in total. The van der Waals surface area contributed by atoms with Crippen LogP contribution in [0.25, 0.3) is 11.0 Å². The molecule has 1 aromatic heterocycles. The molecule has 1 atom stereocenters. The normalized spacial score (nSPS) is 13.9. The Morgan fingerprint density at radius 3 is 2.43 bits per heavy atom. The Kier molecular flexibility index (Phi) is 4.96. The molecule has 2 nitrogen and oxygen atoms in total. The molecule has 0 radical (unpaired) electrons. The van der Waals surface area contributed by atoms with Crippen LogP contribution in [0.5, 0.6) is 0 Å². The van der Waals surface area contributed by atoms with Crippen LogP contribution < -0.4 is 0 Å². The molecule has 0 spiro atoms. The molecule has 0 saturated heterocycles. The third-order valence-corrected chi connectivity index (χ3v) is 4.00. The zero-order chi connectivity index (χ0) is 15.8. The Balaban J connectivity index is 2.57. The third kappa shape index (κ3) is 3.76. The standard InChI is InChI=1S/C13H12Cl3F3N2/c1-7(6-13(17,18)19)21-11-5-9(16)8(15)4-10(11)20-12(21)2-3-14/h4-5,7H,2-3,6H2,1H3. The molecule has 116 valence electrons. The minimum Gasteiger partial charge on any atom is -0.325 e. The Labute approximate surface area is 134 Å². The van der Waals surface area contributed by atoms with Crippen LogP contribution in [0, 0.1) is 0 Å². The Morgan fingerprint density at radius 1 is 1.24 bits per heavy atom. The number of rotatable bonds is 4. The first-order valence-corrected chi connectivity index (χ1v) is 7.50. The Hall–Kier alpha value is -0.650. The van der Waals surface area contributed by atoms with Gasteiger partial charge in [-0.05, 0) is 19.1 Å². The summed E-state index contributed by atoms with van der Waals surface area (Å²) in [6, 6.07) is 2.29. The van der Waals surface area contributed by atoms with Crippen molar-refractivity contribution in [2.45, 2.75) is 32.0 Å². The van der Waals surface area contributed by atoms with Crippen molar-refractivity contribution >= 4 is 45.8 Å². The number of halogens is 6. The zero-order valence-corrected chi connectivity index (χ0v) is 13.3. The van der Waals surface area contributed by atoms with Gasteiger partial charge in [0.1, 0.15) is 5.82 Å². The van der Waals surface area contributed by atoms with Gasteiger partial charge in [-0.2, -0.15) is 13.2 Å². The summed E-state index contributed by atoms with van der Waals surface area (Å²) in [4.78, 5) is 4.32. The van der Waals surface area contributed by atoms with Crippen molar-refractivity contribution in [3.63, 3.8) is 0 Å². The number of aromatic nitrogens is 2. The molecule has 2 rings (SSSR count). The van der Waals surface area contributed by atoms with Crippen LogP contribution in [-0.4, -0.2) is 21.6 Å². The van der Waals surface area contributed by atoms with Crippen LogP contribution in [0.3, 0.4) is 0 Å². The summed E-state index contributed by atoms with van der Waals surface area (Å²) in [5, 5.41) is 0.594. The minimum atomic E-state index is -4.26. The van der Waals surface area contributed by atoms with Gasteiger partial charge in [-0.15, -0.1) is 11.6 Å². The minimum absolute atomic E-state index is 0.267. The largest absolute Gasteiger partial charge is 0.391 e. The molecule has 0 aliphatic rings. The lowest BCUT2D eigenvalue weighted by atomic mass is 10.2. The molecule has 0 bridgehead atoms. The number of nitrogens with zero attached hydrogens (tertiary/aromatic N) is 2. The van der Waals surface area contributed by atoms with Crippen LogP contribution in [-0.2, 0) is 6.42 Å². The molecule has 8 heteroatoms. The highest BCUT2D eigenvalue weighted by atomic mass is 35.5.